The monoisotopic (exact) mass is 371 g/mol. The van der Waals surface area contributed by atoms with Gasteiger partial charge in [-0.2, -0.15) is 0 Å². The third-order valence-electron chi connectivity index (χ3n) is 3.50. The number of carboxylic acid groups (broad SMARTS) is 1. The maximum atomic E-state index is 12.8. The molecule has 21 heavy (non-hydrogen) atoms. The number of rotatable bonds is 4. The fourth-order valence-electron chi connectivity index (χ4n) is 2.44. The Morgan fingerprint density at radius 2 is 2.19 bits per heavy atom. The molecule has 1 aliphatic heterocycles. The fraction of sp³-hybridized carbons (Fsp3) is 0.467. The molecule has 0 spiro atoms. The van der Waals surface area contributed by atoms with E-state index in [1.54, 1.807) is 17.8 Å². The van der Waals surface area contributed by atoms with Crippen LogP contribution in [0.1, 0.15) is 35.7 Å². The van der Waals surface area contributed by atoms with Gasteiger partial charge in [0.2, 0.25) is 0 Å². The van der Waals surface area contributed by atoms with E-state index in [9.17, 15) is 14.7 Å². The molecule has 1 aromatic rings. The zero-order chi connectivity index (χ0) is 15.6. The van der Waals surface area contributed by atoms with Gasteiger partial charge in [-0.1, -0.05) is 25.0 Å². The Bertz CT molecular complexity index is 564. The summed E-state index contributed by atoms with van der Waals surface area (Å²) in [5, 5.41) is 9.31. The summed E-state index contributed by atoms with van der Waals surface area (Å²) in [4.78, 5) is 25.8. The number of nitrogens with zero attached hydrogens (tertiary/aromatic N) is 1. The van der Waals surface area contributed by atoms with Crippen molar-refractivity contribution in [2.24, 2.45) is 0 Å². The van der Waals surface area contributed by atoms with Gasteiger partial charge in [-0.05, 0) is 41.4 Å². The zero-order valence-corrected chi connectivity index (χ0v) is 14.4. The average molecular weight is 372 g/mol. The third kappa shape index (κ3) is 3.43. The van der Waals surface area contributed by atoms with Crippen LogP contribution in [0.4, 0.5) is 0 Å². The number of amides is 1. The number of carbonyl (C=O) groups excluding carboxylic acids is 1. The molecular weight excluding hydrogens is 354 g/mol. The standard InChI is InChI=1S/C15H18BrNO3S/c1-3-4-13-17(12(8-21-13)15(19)20)14(18)10-7-9(2)5-6-11(10)16/h5-7,12-13H,3-4,8H2,1-2H3,(H,19,20). The van der Waals surface area contributed by atoms with E-state index in [1.165, 1.54) is 4.90 Å². The van der Waals surface area contributed by atoms with E-state index in [1.807, 2.05) is 26.0 Å². The highest BCUT2D eigenvalue weighted by Crippen LogP contribution is 2.34. The summed E-state index contributed by atoms with van der Waals surface area (Å²) in [5.41, 5.74) is 1.51. The van der Waals surface area contributed by atoms with Gasteiger partial charge in [0.1, 0.15) is 6.04 Å². The molecule has 2 unspecified atom stereocenters. The minimum absolute atomic E-state index is 0.0592. The number of carbonyl (C=O) groups is 2. The van der Waals surface area contributed by atoms with Crippen LogP contribution < -0.4 is 0 Å². The molecule has 1 aromatic carbocycles. The van der Waals surface area contributed by atoms with Crippen molar-refractivity contribution in [3.63, 3.8) is 0 Å². The van der Waals surface area contributed by atoms with Crippen LogP contribution in [-0.2, 0) is 4.79 Å². The Labute approximate surface area is 137 Å². The predicted molar refractivity (Wildman–Crippen MR) is 87.6 cm³/mol. The lowest BCUT2D eigenvalue weighted by molar-refractivity contribution is -0.141. The van der Waals surface area contributed by atoms with Crippen LogP contribution in [0.3, 0.4) is 0 Å². The number of aliphatic carboxylic acids is 1. The van der Waals surface area contributed by atoms with Crippen LogP contribution >= 0.6 is 27.7 Å². The first kappa shape index (κ1) is 16.4. The Morgan fingerprint density at radius 3 is 2.81 bits per heavy atom. The van der Waals surface area contributed by atoms with Crippen molar-refractivity contribution in [1.82, 2.24) is 4.90 Å². The summed E-state index contributed by atoms with van der Waals surface area (Å²) in [6.45, 7) is 3.96. The van der Waals surface area contributed by atoms with Crippen molar-refractivity contribution in [1.29, 1.82) is 0 Å². The smallest absolute Gasteiger partial charge is 0.327 e. The number of hydrogen-bond donors (Lipinski definition) is 1. The first-order valence-corrected chi connectivity index (χ1v) is 8.73. The molecule has 1 saturated heterocycles. The molecule has 1 amide bonds. The van der Waals surface area contributed by atoms with E-state index in [0.717, 1.165) is 18.4 Å². The van der Waals surface area contributed by atoms with Crippen LogP contribution in [-0.4, -0.2) is 39.1 Å². The minimum Gasteiger partial charge on any atom is -0.480 e. The van der Waals surface area contributed by atoms with Gasteiger partial charge in [0.25, 0.3) is 5.91 Å². The SMILES string of the molecule is CCCC1SCC(C(=O)O)N1C(=O)c1cc(C)ccc1Br. The molecule has 2 atom stereocenters. The molecule has 0 saturated carbocycles. The summed E-state index contributed by atoms with van der Waals surface area (Å²) >= 11 is 4.95. The van der Waals surface area contributed by atoms with E-state index < -0.39 is 12.0 Å². The molecule has 4 nitrogen and oxygen atoms in total. The predicted octanol–water partition coefficient (Wildman–Crippen LogP) is 3.53. The normalized spacial score (nSPS) is 21.6. The van der Waals surface area contributed by atoms with Crippen LogP contribution in [0.2, 0.25) is 0 Å². The maximum absolute atomic E-state index is 12.8. The van der Waals surface area contributed by atoms with Gasteiger partial charge >= 0.3 is 5.97 Å². The Balaban J connectivity index is 2.36. The van der Waals surface area contributed by atoms with E-state index in [2.05, 4.69) is 15.9 Å². The van der Waals surface area contributed by atoms with Gasteiger partial charge < -0.3 is 10.0 Å². The molecular formula is C15H18BrNO3S. The molecule has 1 aliphatic rings. The number of thioether (sulfide) groups is 1. The van der Waals surface area contributed by atoms with Crippen molar-refractivity contribution < 1.29 is 14.7 Å². The summed E-state index contributed by atoms with van der Waals surface area (Å²) in [7, 11) is 0. The van der Waals surface area contributed by atoms with Gasteiger partial charge in [-0.3, -0.25) is 4.79 Å². The van der Waals surface area contributed by atoms with E-state index >= 15 is 0 Å². The Hall–Kier alpha value is -1.01. The number of carboxylic acids is 1. The summed E-state index contributed by atoms with van der Waals surface area (Å²) < 4.78 is 0.703. The summed E-state index contributed by atoms with van der Waals surface area (Å²) in [6.07, 6.45) is 1.73. The highest BCUT2D eigenvalue weighted by molar-refractivity contribution is 9.10. The van der Waals surface area contributed by atoms with Gasteiger partial charge in [-0.15, -0.1) is 11.8 Å². The van der Waals surface area contributed by atoms with Crippen molar-refractivity contribution in [2.75, 3.05) is 5.75 Å². The molecule has 114 valence electrons. The van der Waals surface area contributed by atoms with Crippen molar-refractivity contribution in [2.45, 2.75) is 38.1 Å². The molecule has 1 fully saturated rings. The lowest BCUT2D eigenvalue weighted by Gasteiger charge is -2.27. The van der Waals surface area contributed by atoms with Crippen molar-refractivity contribution in [3.8, 4) is 0 Å². The first-order valence-electron chi connectivity index (χ1n) is 6.89. The molecule has 0 bridgehead atoms. The molecule has 1 N–H and O–H groups in total. The van der Waals surface area contributed by atoms with Crippen LogP contribution in [0, 0.1) is 6.92 Å². The maximum Gasteiger partial charge on any atom is 0.327 e. The highest BCUT2D eigenvalue weighted by atomic mass is 79.9. The van der Waals surface area contributed by atoms with Crippen molar-refractivity contribution >= 4 is 39.6 Å². The number of benzene rings is 1. The molecule has 1 heterocycles. The van der Waals surface area contributed by atoms with Gasteiger partial charge in [0.15, 0.2) is 0 Å². The van der Waals surface area contributed by atoms with Crippen LogP contribution in [0.25, 0.3) is 0 Å². The second kappa shape index (κ2) is 6.83. The quantitative estimate of drug-likeness (QED) is 0.879. The second-order valence-electron chi connectivity index (χ2n) is 5.13. The van der Waals surface area contributed by atoms with E-state index in [0.29, 0.717) is 15.8 Å². The van der Waals surface area contributed by atoms with E-state index in [4.69, 9.17) is 0 Å². The van der Waals surface area contributed by atoms with Crippen LogP contribution in [0.15, 0.2) is 22.7 Å². The lowest BCUT2D eigenvalue weighted by Crippen LogP contribution is -2.45. The minimum atomic E-state index is -0.932. The zero-order valence-electron chi connectivity index (χ0n) is 12.0. The molecule has 0 aromatic heterocycles. The van der Waals surface area contributed by atoms with Gasteiger partial charge in [0.05, 0.1) is 10.9 Å². The Morgan fingerprint density at radius 1 is 1.48 bits per heavy atom. The number of aryl methyl sites for hydroxylation is 1. The molecule has 0 aliphatic carbocycles. The summed E-state index contributed by atoms with van der Waals surface area (Å²) in [5.74, 6) is -0.686. The second-order valence-corrected chi connectivity index (χ2v) is 7.19. The first-order chi connectivity index (χ1) is 9.95. The number of halogens is 1. The topological polar surface area (TPSA) is 57.6 Å². The summed E-state index contributed by atoms with van der Waals surface area (Å²) in [6, 6.07) is 4.80. The lowest BCUT2D eigenvalue weighted by atomic mass is 10.1. The van der Waals surface area contributed by atoms with Gasteiger partial charge in [-0.25, -0.2) is 4.79 Å². The largest absolute Gasteiger partial charge is 0.480 e. The fourth-order valence-corrected chi connectivity index (χ4v) is 4.37. The average Bonchev–Trinajstić information content (AvgIpc) is 2.85. The van der Waals surface area contributed by atoms with E-state index in [-0.39, 0.29) is 11.3 Å². The molecule has 0 radical (unpaired) electrons. The third-order valence-corrected chi connectivity index (χ3v) is 5.55. The number of hydrogen-bond acceptors (Lipinski definition) is 3. The molecule has 2 rings (SSSR count). The van der Waals surface area contributed by atoms with Crippen LogP contribution in [0.5, 0.6) is 0 Å². The Kier molecular flexibility index (Phi) is 5.32. The molecule has 6 heteroatoms. The highest BCUT2D eigenvalue weighted by Gasteiger charge is 2.41. The van der Waals surface area contributed by atoms with Crippen molar-refractivity contribution in [3.05, 3.63) is 33.8 Å². The van der Waals surface area contributed by atoms with Gasteiger partial charge in [0, 0.05) is 10.2 Å².